The molecule has 1 aliphatic heterocycles. The van der Waals surface area contributed by atoms with Gasteiger partial charge in [0.2, 0.25) is 10.0 Å². The van der Waals surface area contributed by atoms with Crippen LogP contribution in [-0.4, -0.2) is 40.6 Å². The van der Waals surface area contributed by atoms with E-state index < -0.39 is 10.0 Å². The van der Waals surface area contributed by atoms with Crippen molar-refractivity contribution < 1.29 is 13.2 Å². The smallest absolute Gasteiger partial charge is 0.240 e. The normalized spacial score (nSPS) is 15.0. The Morgan fingerprint density at radius 1 is 1.20 bits per heavy atom. The van der Waals surface area contributed by atoms with Crippen molar-refractivity contribution in [2.45, 2.75) is 17.4 Å². The van der Waals surface area contributed by atoms with Crippen LogP contribution in [0.25, 0.3) is 0 Å². The summed E-state index contributed by atoms with van der Waals surface area (Å²) in [5.74, 6) is 0.927. The third-order valence-corrected chi connectivity index (χ3v) is 6.28. The van der Waals surface area contributed by atoms with Gasteiger partial charge in [-0.2, -0.15) is 0 Å². The van der Waals surface area contributed by atoms with Crippen molar-refractivity contribution in [3.63, 3.8) is 0 Å². The van der Waals surface area contributed by atoms with E-state index in [1.807, 2.05) is 31.1 Å². The van der Waals surface area contributed by atoms with Gasteiger partial charge in [0.15, 0.2) is 0 Å². The average Bonchev–Trinajstić information content (AvgIpc) is 3.02. The highest BCUT2D eigenvalue weighted by Crippen LogP contribution is 2.29. The van der Waals surface area contributed by atoms with E-state index in [9.17, 15) is 8.42 Å². The summed E-state index contributed by atoms with van der Waals surface area (Å²) in [5.41, 5.74) is 2.26. The van der Waals surface area contributed by atoms with Crippen molar-refractivity contribution in [2.75, 3.05) is 27.2 Å². The van der Waals surface area contributed by atoms with Crippen LogP contribution in [-0.2, 0) is 16.4 Å². The molecule has 0 aliphatic carbocycles. The number of nitrogens with one attached hydrogen (secondary N) is 1. The lowest BCUT2D eigenvalue weighted by Crippen LogP contribution is -2.34. The Morgan fingerprint density at radius 2 is 1.92 bits per heavy atom. The monoisotopic (exact) mass is 424 g/mol. The summed E-state index contributed by atoms with van der Waals surface area (Å²) in [5, 5.41) is 0. The van der Waals surface area contributed by atoms with Gasteiger partial charge in [-0.05, 0) is 55.6 Å². The van der Waals surface area contributed by atoms with Crippen molar-refractivity contribution in [1.29, 1.82) is 0 Å². The summed E-state index contributed by atoms with van der Waals surface area (Å²) in [4.78, 5) is 2.28. The Kier molecular flexibility index (Phi) is 5.48. The third-order valence-electron chi connectivity index (χ3n) is 4.31. The maximum absolute atomic E-state index is 12.5. The van der Waals surface area contributed by atoms with Gasteiger partial charge in [0.1, 0.15) is 5.75 Å². The lowest BCUT2D eigenvalue weighted by molar-refractivity contribution is 0.299. The van der Waals surface area contributed by atoms with E-state index in [2.05, 4.69) is 26.7 Å². The second kappa shape index (κ2) is 7.45. The topological polar surface area (TPSA) is 58.6 Å². The molecule has 2 aromatic rings. The van der Waals surface area contributed by atoms with Gasteiger partial charge in [-0.1, -0.05) is 28.1 Å². The molecule has 134 valence electrons. The van der Waals surface area contributed by atoms with Gasteiger partial charge < -0.3 is 9.64 Å². The molecule has 0 saturated carbocycles. The molecular formula is C18H21BrN2O3S. The molecule has 0 radical (unpaired) electrons. The predicted molar refractivity (Wildman–Crippen MR) is 101 cm³/mol. The SMILES string of the molecule is CN(C)C(CNS(=O)(=O)c1ccc(Br)cc1)c1ccc2c(c1)CCO2. The molecule has 3 rings (SSSR count). The fraction of sp³-hybridized carbons (Fsp3) is 0.333. The second-order valence-electron chi connectivity index (χ2n) is 6.25. The van der Waals surface area contributed by atoms with Crippen LogP contribution in [0.2, 0.25) is 0 Å². The van der Waals surface area contributed by atoms with Crippen molar-refractivity contribution in [3.05, 3.63) is 58.1 Å². The molecule has 1 atom stereocenters. The quantitative estimate of drug-likeness (QED) is 0.773. The Labute approximate surface area is 157 Å². The zero-order valence-electron chi connectivity index (χ0n) is 14.2. The van der Waals surface area contributed by atoms with Crippen molar-refractivity contribution >= 4 is 26.0 Å². The highest BCUT2D eigenvalue weighted by Gasteiger charge is 2.21. The summed E-state index contributed by atoms with van der Waals surface area (Å²) in [6, 6.07) is 12.6. The molecule has 0 fully saturated rings. The number of halogens is 1. The zero-order valence-corrected chi connectivity index (χ0v) is 16.6. The first-order valence-electron chi connectivity index (χ1n) is 8.04. The predicted octanol–water partition coefficient (Wildman–Crippen LogP) is 2.97. The molecule has 2 aromatic carbocycles. The van der Waals surface area contributed by atoms with E-state index in [0.717, 1.165) is 22.2 Å². The Bertz CT molecular complexity index is 851. The Balaban J connectivity index is 1.77. The molecule has 0 spiro atoms. The van der Waals surface area contributed by atoms with E-state index in [1.165, 1.54) is 5.56 Å². The maximum Gasteiger partial charge on any atom is 0.240 e. The van der Waals surface area contributed by atoms with Gasteiger partial charge in [-0.15, -0.1) is 0 Å². The van der Waals surface area contributed by atoms with Crippen molar-refractivity contribution in [2.24, 2.45) is 0 Å². The van der Waals surface area contributed by atoms with Crippen LogP contribution < -0.4 is 9.46 Å². The molecule has 25 heavy (non-hydrogen) atoms. The summed E-state index contributed by atoms with van der Waals surface area (Å²) in [6.45, 7) is 1.01. The molecule has 1 heterocycles. The number of hydrogen-bond acceptors (Lipinski definition) is 4. The van der Waals surface area contributed by atoms with E-state index in [0.29, 0.717) is 13.2 Å². The van der Waals surface area contributed by atoms with E-state index >= 15 is 0 Å². The molecule has 0 amide bonds. The number of ether oxygens (including phenoxy) is 1. The largest absolute Gasteiger partial charge is 0.493 e. The minimum absolute atomic E-state index is 0.0591. The number of sulfonamides is 1. The number of nitrogens with zero attached hydrogens (tertiary/aromatic N) is 1. The lowest BCUT2D eigenvalue weighted by Gasteiger charge is -2.25. The summed E-state index contributed by atoms with van der Waals surface area (Å²) in [7, 11) is 0.346. The molecule has 0 saturated heterocycles. The number of benzene rings is 2. The third kappa shape index (κ3) is 4.23. The summed E-state index contributed by atoms with van der Waals surface area (Å²) in [6.07, 6.45) is 0.897. The highest BCUT2D eigenvalue weighted by atomic mass is 79.9. The first-order valence-corrected chi connectivity index (χ1v) is 10.3. The minimum atomic E-state index is -3.55. The second-order valence-corrected chi connectivity index (χ2v) is 8.93. The zero-order chi connectivity index (χ0) is 18.0. The molecule has 0 bridgehead atoms. The highest BCUT2D eigenvalue weighted by molar-refractivity contribution is 9.10. The fourth-order valence-corrected chi connectivity index (χ4v) is 4.20. The van der Waals surface area contributed by atoms with Crippen LogP contribution in [0.1, 0.15) is 17.2 Å². The standard InChI is InChI=1S/C18H21BrN2O3S/c1-21(2)17(13-3-8-18-14(11-13)9-10-24-18)12-20-25(22,23)16-6-4-15(19)5-7-16/h3-8,11,17,20H,9-10,12H2,1-2H3. The lowest BCUT2D eigenvalue weighted by atomic mass is 10.0. The van der Waals surface area contributed by atoms with Crippen LogP contribution in [0, 0.1) is 0 Å². The van der Waals surface area contributed by atoms with Crippen LogP contribution in [0.3, 0.4) is 0 Å². The maximum atomic E-state index is 12.5. The van der Waals surface area contributed by atoms with Crippen LogP contribution in [0.5, 0.6) is 5.75 Å². The molecule has 5 nitrogen and oxygen atoms in total. The Hall–Kier alpha value is -1.41. The van der Waals surface area contributed by atoms with Gasteiger partial charge in [-0.3, -0.25) is 0 Å². The Morgan fingerprint density at radius 3 is 2.60 bits per heavy atom. The van der Waals surface area contributed by atoms with Gasteiger partial charge in [-0.25, -0.2) is 13.1 Å². The summed E-state index contributed by atoms with van der Waals surface area (Å²) >= 11 is 3.32. The van der Waals surface area contributed by atoms with Gasteiger partial charge in [0.05, 0.1) is 11.5 Å². The first kappa shape index (κ1) is 18.4. The van der Waals surface area contributed by atoms with Crippen LogP contribution in [0.15, 0.2) is 51.8 Å². The molecular weight excluding hydrogens is 404 g/mol. The summed E-state index contributed by atoms with van der Waals surface area (Å²) < 4.78 is 34.2. The first-order chi connectivity index (χ1) is 11.9. The molecule has 1 N–H and O–H groups in total. The number of likely N-dealkylation sites (N-methyl/N-ethyl adjacent to an activating group) is 1. The number of fused-ring (bicyclic) bond motifs is 1. The van der Waals surface area contributed by atoms with Crippen LogP contribution in [0.4, 0.5) is 0 Å². The van der Waals surface area contributed by atoms with Gasteiger partial charge >= 0.3 is 0 Å². The molecule has 7 heteroatoms. The number of hydrogen-bond donors (Lipinski definition) is 1. The molecule has 1 aliphatic rings. The van der Waals surface area contributed by atoms with E-state index in [4.69, 9.17) is 4.74 Å². The van der Waals surface area contributed by atoms with Crippen LogP contribution >= 0.6 is 15.9 Å². The minimum Gasteiger partial charge on any atom is -0.493 e. The average molecular weight is 425 g/mol. The van der Waals surface area contributed by atoms with E-state index in [1.54, 1.807) is 24.3 Å². The van der Waals surface area contributed by atoms with Gasteiger partial charge in [0.25, 0.3) is 0 Å². The van der Waals surface area contributed by atoms with Crippen molar-refractivity contribution in [3.8, 4) is 5.75 Å². The van der Waals surface area contributed by atoms with E-state index in [-0.39, 0.29) is 10.9 Å². The van der Waals surface area contributed by atoms with Gasteiger partial charge in [0, 0.05) is 23.5 Å². The molecule has 1 unspecified atom stereocenters. The van der Waals surface area contributed by atoms with Crippen molar-refractivity contribution in [1.82, 2.24) is 9.62 Å². The fourth-order valence-electron chi connectivity index (χ4n) is 2.90. The molecule has 0 aromatic heterocycles. The number of rotatable bonds is 6.